The summed E-state index contributed by atoms with van der Waals surface area (Å²) in [6.07, 6.45) is 2.79. The molecule has 0 bridgehead atoms. The number of nitrogens with one attached hydrogen (secondary N) is 2. The van der Waals surface area contributed by atoms with Gasteiger partial charge < -0.3 is 11.1 Å². The number of unbranched alkanes of at least 4 members (excludes halogenated alkanes) is 1. The molecule has 0 spiro atoms. The predicted molar refractivity (Wildman–Crippen MR) is 76.6 cm³/mol. The van der Waals surface area contributed by atoms with E-state index in [-0.39, 0.29) is 23.9 Å². The Hall–Kier alpha value is -1.67. The average molecular weight is 300 g/mol. The molecule has 0 atom stereocenters. The second kappa shape index (κ2) is 7.81. The van der Waals surface area contributed by atoms with E-state index in [1.165, 1.54) is 6.20 Å². The van der Waals surface area contributed by atoms with E-state index < -0.39 is 10.0 Å². The summed E-state index contributed by atoms with van der Waals surface area (Å²) in [4.78, 5) is 14.5. The largest absolute Gasteiger partial charge is 0.383 e. The molecule has 0 saturated heterocycles. The van der Waals surface area contributed by atoms with E-state index in [1.807, 2.05) is 6.92 Å². The first kappa shape index (κ1) is 16.4. The molecule has 1 amide bonds. The highest BCUT2D eigenvalue weighted by Crippen LogP contribution is 2.17. The maximum atomic E-state index is 12.1. The van der Waals surface area contributed by atoms with E-state index in [1.54, 1.807) is 12.1 Å². The number of amides is 1. The monoisotopic (exact) mass is 300 g/mol. The van der Waals surface area contributed by atoms with Crippen LogP contribution in [0.25, 0.3) is 0 Å². The number of sulfonamides is 1. The number of carbonyl (C=O) groups excluding carboxylic acids is 1. The standard InChI is InChI=1S/C12H20N4O3S/c1-2-14-10-6-5-8-15-12(10)20(18,19)16-9-4-3-7-11(13)17/h5-6,8,14,16H,2-4,7,9H2,1H3,(H2,13,17). The molecule has 0 aromatic carbocycles. The second-order valence-electron chi connectivity index (χ2n) is 4.21. The Morgan fingerprint density at radius 3 is 2.80 bits per heavy atom. The van der Waals surface area contributed by atoms with E-state index in [9.17, 15) is 13.2 Å². The quantitative estimate of drug-likeness (QED) is 0.573. The number of pyridine rings is 1. The summed E-state index contributed by atoms with van der Waals surface area (Å²) < 4.78 is 26.7. The van der Waals surface area contributed by atoms with Crippen molar-refractivity contribution in [3.05, 3.63) is 18.3 Å². The van der Waals surface area contributed by atoms with Crippen molar-refractivity contribution in [1.82, 2.24) is 9.71 Å². The van der Waals surface area contributed by atoms with Gasteiger partial charge in [0.15, 0.2) is 5.03 Å². The third kappa shape index (κ3) is 5.14. The zero-order chi connectivity index (χ0) is 15.0. The Kier molecular flexibility index (Phi) is 6.40. The first-order chi connectivity index (χ1) is 9.47. The molecule has 112 valence electrons. The molecule has 0 fully saturated rings. The van der Waals surface area contributed by atoms with Gasteiger partial charge in [0.1, 0.15) is 0 Å². The van der Waals surface area contributed by atoms with Gasteiger partial charge in [0.25, 0.3) is 10.0 Å². The minimum atomic E-state index is -3.65. The van der Waals surface area contributed by atoms with Crippen molar-refractivity contribution in [2.24, 2.45) is 5.73 Å². The molecule has 4 N–H and O–H groups in total. The molecular weight excluding hydrogens is 280 g/mol. The highest BCUT2D eigenvalue weighted by atomic mass is 32.2. The van der Waals surface area contributed by atoms with Gasteiger partial charge in [-0.15, -0.1) is 0 Å². The van der Waals surface area contributed by atoms with Crippen LogP contribution in [0.1, 0.15) is 26.2 Å². The summed E-state index contributed by atoms with van der Waals surface area (Å²) in [5.74, 6) is -0.382. The molecule has 1 aromatic heterocycles. The van der Waals surface area contributed by atoms with E-state index in [0.717, 1.165) is 0 Å². The Bertz CT molecular complexity index is 545. The van der Waals surface area contributed by atoms with Crippen LogP contribution in [0.3, 0.4) is 0 Å². The maximum Gasteiger partial charge on any atom is 0.260 e. The van der Waals surface area contributed by atoms with Gasteiger partial charge in [-0.3, -0.25) is 4.79 Å². The van der Waals surface area contributed by atoms with Crippen molar-refractivity contribution in [3.8, 4) is 0 Å². The number of anilines is 1. The fourth-order valence-electron chi connectivity index (χ4n) is 1.63. The lowest BCUT2D eigenvalue weighted by atomic mass is 10.2. The van der Waals surface area contributed by atoms with Gasteiger partial charge in [-0.2, -0.15) is 0 Å². The van der Waals surface area contributed by atoms with Crippen LogP contribution in [0.2, 0.25) is 0 Å². The van der Waals surface area contributed by atoms with Gasteiger partial charge in [-0.25, -0.2) is 18.1 Å². The lowest BCUT2D eigenvalue weighted by Crippen LogP contribution is -2.26. The van der Waals surface area contributed by atoms with Gasteiger partial charge in [0.2, 0.25) is 5.91 Å². The zero-order valence-electron chi connectivity index (χ0n) is 11.4. The third-order valence-electron chi connectivity index (χ3n) is 2.53. The SMILES string of the molecule is CCNc1cccnc1S(=O)(=O)NCCCCC(N)=O. The van der Waals surface area contributed by atoms with E-state index in [0.29, 0.717) is 25.1 Å². The van der Waals surface area contributed by atoms with Gasteiger partial charge in [0, 0.05) is 25.7 Å². The lowest BCUT2D eigenvalue weighted by Gasteiger charge is -2.10. The van der Waals surface area contributed by atoms with Crippen molar-refractivity contribution >= 4 is 21.6 Å². The summed E-state index contributed by atoms with van der Waals surface area (Å²) in [6, 6.07) is 3.34. The summed E-state index contributed by atoms with van der Waals surface area (Å²) in [5.41, 5.74) is 5.48. The van der Waals surface area contributed by atoms with Crippen molar-refractivity contribution < 1.29 is 13.2 Å². The van der Waals surface area contributed by atoms with Crippen LogP contribution in [0.15, 0.2) is 23.4 Å². The number of nitrogens with two attached hydrogens (primary N) is 1. The van der Waals surface area contributed by atoms with E-state index in [4.69, 9.17) is 5.73 Å². The Morgan fingerprint density at radius 1 is 1.40 bits per heavy atom. The van der Waals surface area contributed by atoms with Crippen molar-refractivity contribution in [3.63, 3.8) is 0 Å². The molecule has 1 aromatic rings. The Balaban J connectivity index is 2.62. The maximum absolute atomic E-state index is 12.1. The second-order valence-corrected chi connectivity index (χ2v) is 5.89. The highest BCUT2D eigenvalue weighted by molar-refractivity contribution is 7.89. The molecule has 1 rings (SSSR count). The number of hydrogen-bond acceptors (Lipinski definition) is 5. The topological polar surface area (TPSA) is 114 Å². The molecular formula is C12H20N4O3S. The molecule has 0 aliphatic heterocycles. The smallest absolute Gasteiger partial charge is 0.260 e. The summed E-state index contributed by atoms with van der Waals surface area (Å²) in [5, 5.41) is 2.94. The average Bonchev–Trinajstić information content (AvgIpc) is 2.38. The fraction of sp³-hybridized carbons (Fsp3) is 0.500. The number of hydrogen-bond donors (Lipinski definition) is 3. The number of carbonyl (C=O) groups is 1. The number of aromatic nitrogens is 1. The summed E-state index contributed by atoms with van der Waals surface area (Å²) in [6.45, 7) is 2.73. The molecule has 7 nitrogen and oxygen atoms in total. The van der Waals surface area contributed by atoms with Crippen molar-refractivity contribution in [2.45, 2.75) is 31.2 Å². The number of rotatable bonds is 9. The molecule has 0 aliphatic rings. The molecule has 0 aliphatic carbocycles. The first-order valence-electron chi connectivity index (χ1n) is 6.44. The van der Waals surface area contributed by atoms with Gasteiger partial charge in [-0.1, -0.05) is 0 Å². The third-order valence-corrected chi connectivity index (χ3v) is 3.95. The minimum absolute atomic E-state index is 0.0169. The van der Waals surface area contributed by atoms with Crippen LogP contribution in [0, 0.1) is 0 Å². The predicted octanol–water partition coefficient (Wildman–Crippen LogP) is 0.447. The molecule has 1 heterocycles. The van der Waals surface area contributed by atoms with Crippen LogP contribution in [-0.2, 0) is 14.8 Å². The molecule has 20 heavy (non-hydrogen) atoms. The zero-order valence-corrected chi connectivity index (χ0v) is 12.2. The van der Waals surface area contributed by atoms with Gasteiger partial charge >= 0.3 is 0 Å². The van der Waals surface area contributed by atoms with Crippen LogP contribution < -0.4 is 15.8 Å². The van der Waals surface area contributed by atoms with Crippen LogP contribution in [0.4, 0.5) is 5.69 Å². The normalized spacial score (nSPS) is 11.2. The van der Waals surface area contributed by atoms with Crippen LogP contribution in [0.5, 0.6) is 0 Å². The molecule has 0 radical (unpaired) electrons. The molecule has 8 heteroatoms. The number of nitrogens with zero attached hydrogens (tertiary/aromatic N) is 1. The number of primary amides is 1. The van der Waals surface area contributed by atoms with E-state index in [2.05, 4.69) is 15.0 Å². The van der Waals surface area contributed by atoms with Gasteiger partial charge in [0.05, 0.1) is 5.69 Å². The summed E-state index contributed by atoms with van der Waals surface area (Å²) >= 11 is 0. The lowest BCUT2D eigenvalue weighted by molar-refractivity contribution is -0.118. The first-order valence-corrected chi connectivity index (χ1v) is 7.92. The van der Waals surface area contributed by atoms with Crippen molar-refractivity contribution in [2.75, 3.05) is 18.4 Å². The van der Waals surface area contributed by atoms with Crippen molar-refractivity contribution in [1.29, 1.82) is 0 Å². The van der Waals surface area contributed by atoms with Crippen LogP contribution in [-0.4, -0.2) is 32.4 Å². The Morgan fingerprint density at radius 2 is 2.15 bits per heavy atom. The Labute approximate surface area is 119 Å². The highest BCUT2D eigenvalue weighted by Gasteiger charge is 2.19. The molecule has 0 saturated carbocycles. The molecule has 0 unspecified atom stereocenters. The van der Waals surface area contributed by atoms with Crippen LogP contribution >= 0.6 is 0 Å². The van der Waals surface area contributed by atoms with Gasteiger partial charge in [-0.05, 0) is 31.9 Å². The minimum Gasteiger partial charge on any atom is -0.383 e. The van der Waals surface area contributed by atoms with E-state index >= 15 is 0 Å². The fourth-order valence-corrected chi connectivity index (χ4v) is 2.81. The summed E-state index contributed by atoms with van der Waals surface area (Å²) in [7, 11) is -3.65.